The monoisotopic (exact) mass is 618 g/mol. The number of Topliss-reactive ketones (excluding diaryl/α,β-unsaturated/α-hetero) is 1. The lowest BCUT2D eigenvalue weighted by atomic mass is 10.1. The highest BCUT2D eigenvalue weighted by Crippen LogP contribution is 2.36. The number of alkyl halides is 6. The third-order valence-electron chi connectivity index (χ3n) is 6.54. The van der Waals surface area contributed by atoms with Crippen molar-refractivity contribution in [3.05, 3.63) is 107 Å². The van der Waals surface area contributed by atoms with Gasteiger partial charge >= 0.3 is 12.4 Å². The zero-order chi connectivity index (χ0) is 31.9. The van der Waals surface area contributed by atoms with Crippen LogP contribution in [0.3, 0.4) is 0 Å². The summed E-state index contributed by atoms with van der Waals surface area (Å²) in [6, 6.07) is 20.3. The quantitative estimate of drug-likeness (QED) is 0.0946. The molecule has 232 valence electrons. The second-order valence-electron chi connectivity index (χ2n) is 9.58. The third-order valence-corrected chi connectivity index (χ3v) is 6.54. The number of nitrogens with one attached hydrogen (secondary N) is 2. The molecule has 44 heavy (non-hydrogen) atoms. The number of anilines is 2. The van der Waals surface area contributed by atoms with Gasteiger partial charge in [0.2, 0.25) is 0 Å². The van der Waals surface area contributed by atoms with Gasteiger partial charge in [0.25, 0.3) is 5.78 Å². The van der Waals surface area contributed by atoms with Crippen molar-refractivity contribution in [3.63, 3.8) is 0 Å². The molecule has 0 bridgehead atoms. The summed E-state index contributed by atoms with van der Waals surface area (Å²) in [5.74, 6) is 0.0464. The molecule has 4 aromatic rings. The number of carbonyl (C=O) groups excluding carboxylic acids is 1. The normalized spacial score (nSPS) is 11.6. The first-order valence-electron chi connectivity index (χ1n) is 13.3. The molecule has 0 spiro atoms. The molecule has 0 atom stereocenters. The maximum absolute atomic E-state index is 12.8. The highest BCUT2D eigenvalue weighted by atomic mass is 19.4. The maximum atomic E-state index is 12.8. The van der Waals surface area contributed by atoms with Crippen LogP contribution >= 0.6 is 0 Å². The third kappa shape index (κ3) is 8.44. The van der Waals surface area contributed by atoms with Crippen molar-refractivity contribution in [1.29, 1.82) is 0 Å². The van der Waals surface area contributed by atoms with Gasteiger partial charge in [-0.2, -0.15) is 26.3 Å². The fourth-order valence-corrected chi connectivity index (χ4v) is 4.28. The lowest BCUT2D eigenvalue weighted by molar-refractivity contribution is -0.137. The number of methoxy groups -OCH3 is 2. The first-order chi connectivity index (χ1) is 20.9. The fraction of sp³-hybridized carbons (Fsp3) is 0.219. The van der Waals surface area contributed by atoms with E-state index in [2.05, 4.69) is 10.6 Å². The van der Waals surface area contributed by atoms with Gasteiger partial charge in [0.15, 0.2) is 0 Å². The van der Waals surface area contributed by atoms with E-state index in [1.165, 1.54) is 38.5 Å². The largest absolute Gasteiger partial charge is 0.496 e. The van der Waals surface area contributed by atoms with Crippen LogP contribution in [0.1, 0.15) is 27.0 Å². The summed E-state index contributed by atoms with van der Waals surface area (Å²) in [5.41, 5.74) is 1.50. The van der Waals surface area contributed by atoms with Gasteiger partial charge in [-0.15, -0.1) is 0 Å². The molecule has 0 aromatic heterocycles. The van der Waals surface area contributed by atoms with Crippen molar-refractivity contribution in [2.45, 2.75) is 25.3 Å². The van der Waals surface area contributed by atoms with Crippen LogP contribution in [0.25, 0.3) is 0 Å². The number of rotatable bonds is 12. The number of hydrogen-bond donors (Lipinski definition) is 2. The van der Waals surface area contributed by atoms with Crippen molar-refractivity contribution in [2.24, 2.45) is 0 Å². The van der Waals surface area contributed by atoms with Crippen LogP contribution in [-0.2, 0) is 19.1 Å². The summed E-state index contributed by atoms with van der Waals surface area (Å²) in [7, 11) is 3.02. The van der Waals surface area contributed by atoms with E-state index in [1.807, 2.05) is 0 Å². The predicted octanol–water partition coefficient (Wildman–Crippen LogP) is 8.34. The van der Waals surface area contributed by atoms with Gasteiger partial charge in [-0.1, -0.05) is 12.1 Å². The van der Waals surface area contributed by atoms with Crippen LogP contribution in [0, 0.1) is 0 Å². The Balaban J connectivity index is 1.35. The Morgan fingerprint density at radius 1 is 0.727 bits per heavy atom. The summed E-state index contributed by atoms with van der Waals surface area (Å²) in [6.45, 7) is 0.880. The molecule has 6 nitrogen and oxygen atoms in total. The number of ketones is 1. The van der Waals surface area contributed by atoms with Crippen LogP contribution in [0.4, 0.5) is 37.7 Å². The maximum Gasteiger partial charge on any atom is 0.454 e. The van der Waals surface area contributed by atoms with E-state index in [1.54, 1.807) is 36.4 Å². The van der Waals surface area contributed by atoms with E-state index in [9.17, 15) is 31.1 Å². The van der Waals surface area contributed by atoms with Gasteiger partial charge in [-0.25, -0.2) is 0 Å². The number of halogens is 6. The molecule has 0 unspecified atom stereocenters. The number of benzene rings is 4. The standard InChI is InChI=1S/C32H28F6N2O4/c1-42-28-17-26(18-29(43-2)27(28)19-39-16-15-20-3-7-22(8-4-20)31(33,34)35)44-25-13-11-24(12-14-25)40-23-9-5-21(6-10-23)30(41)32(36,37)38/h3-14,17-18,39-40H,15-16,19H2,1-2H3. The first-order valence-corrected chi connectivity index (χ1v) is 13.3. The van der Waals surface area contributed by atoms with Crippen molar-refractivity contribution >= 4 is 17.2 Å². The van der Waals surface area contributed by atoms with Crippen molar-refractivity contribution in [2.75, 3.05) is 26.1 Å². The molecule has 0 saturated carbocycles. The Morgan fingerprint density at radius 3 is 1.77 bits per heavy atom. The van der Waals surface area contributed by atoms with Crippen LogP contribution in [0.2, 0.25) is 0 Å². The second-order valence-corrected chi connectivity index (χ2v) is 9.58. The minimum absolute atomic E-state index is 0.374. The smallest absolute Gasteiger partial charge is 0.454 e. The molecule has 0 radical (unpaired) electrons. The van der Waals surface area contributed by atoms with E-state index in [-0.39, 0.29) is 0 Å². The minimum Gasteiger partial charge on any atom is -0.496 e. The molecular weight excluding hydrogens is 590 g/mol. The first kappa shape index (κ1) is 32.2. The lowest BCUT2D eigenvalue weighted by Gasteiger charge is -2.17. The molecular formula is C32H28F6N2O4. The van der Waals surface area contributed by atoms with Gasteiger partial charge < -0.3 is 24.8 Å². The highest BCUT2D eigenvalue weighted by molar-refractivity contribution is 6.00. The van der Waals surface area contributed by atoms with Crippen LogP contribution in [0.15, 0.2) is 84.9 Å². The highest BCUT2D eigenvalue weighted by Gasteiger charge is 2.39. The number of hydrogen-bond acceptors (Lipinski definition) is 6. The zero-order valence-corrected chi connectivity index (χ0v) is 23.6. The van der Waals surface area contributed by atoms with Gasteiger partial charge in [0, 0.05) is 35.6 Å². The summed E-state index contributed by atoms with van der Waals surface area (Å²) in [4.78, 5) is 11.4. The Morgan fingerprint density at radius 2 is 1.27 bits per heavy atom. The average molecular weight is 619 g/mol. The predicted molar refractivity (Wildman–Crippen MR) is 153 cm³/mol. The second kappa shape index (κ2) is 13.7. The molecule has 0 aliphatic rings. The molecule has 12 heteroatoms. The van der Waals surface area contributed by atoms with Gasteiger partial charge in [0.1, 0.15) is 23.0 Å². The van der Waals surface area contributed by atoms with Crippen molar-refractivity contribution < 1.29 is 45.3 Å². The van der Waals surface area contributed by atoms with E-state index >= 15 is 0 Å². The lowest BCUT2D eigenvalue weighted by Crippen LogP contribution is -2.22. The van der Waals surface area contributed by atoms with E-state index in [4.69, 9.17) is 14.2 Å². The number of carbonyl (C=O) groups is 1. The molecule has 4 aromatic carbocycles. The Hall–Kier alpha value is -4.71. The molecule has 4 rings (SSSR count). The van der Waals surface area contributed by atoms with E-state index in [0.717, 1.165) is 35.4 Å². The molecule has 2 N–H and O–H groups in total. The topological polar surface area (TPSA) is 68.8 Å². The Kier molecular flexibility index (Phi) is 10.0. The Labute approximate surface area is 249 Å². The van der Waals surface area contributed by atoms with Gasteiger partial charge in [-0.05, 0) is 79.2 Å². The molecule has 0 fully saturated rings. The molecule has 0 amide bonds. The minimum atomic E-state index is -4.93. The van der Waals surface area contributed by atoms with Crippen LogP contribution in [0.5, 0.6) is 23.0 Å². The van der Waals surface area contributed by atoms with Crippen LogP contribution < -0.4 is 24.8 Å². The molecule has 0 aliphatic carbocycles. The average Bonchev–Trinajstić information content (AvgIpc) is 2.99. The molecule has 0 saturated heterocycles. The van der Waals surface area contributed by atoms with E-state index in [0.29, 0.717) is 53.9 Å². The molecule has 0 heterocycles. The summed E-state index contributed by atoms with van der Waals surface area (Å²) in [5, 5.41) is 6.30. The summed E-state index contributed by atoms with van der Waals surface area (Å²) < 4.78 is 93.2. The summed E-state index contributed by atoms with van der Waals surface area (Å²) in [6.07, 6.45) is -8.78. The zero-order valence-electron chi connectivity index (χ0n) is 23.6. The fourth-order valence-electron chi connectivity index (χ4n) is 4.28. The van der Waals surface area contributed by atoms with Gasteiger partial charge in [0.05, 0.1) is 25.3 Å². The van der Waals surface area contributed by atoms with Gasteiger partial charge in [-0.3, -0.25) is 4.79 Å². The van der Waals surface area contributed by atoms with Crippen molar-refractivity contribution in [1.82, 2.24) is 5.32 Å². The van der Waals surface area contributed by atoms with E-state index < -0.39 is 29.3 Å². The summed E-state index contributed by atoms with van der Waals surface area (Å²) >= 11 is 0. The molecule has 0 aliphatic heterocycles. The SMILES string of the molecule is COc1cc(Oc2ccc(Nc3ccc(C(=O)C(F)(F)F)cc3)cc2)cc(OC)c1CNCCc1ccc(C(F)(F)F)cc1. The van der Waals surface area contributed by atoms with Crippen LogP contribution in [-0.4, -0.2) is 32.7 Å². The Bertz CT molecular complexity index is 1530. The van der Waals surface area contributed by atoms with Crippen molar-refractivity contribution in [3.8, 4) is 23.0 Å². The number of ether oxygens (including phenoxy) is 3.